The zero-order valence-corrected chi connectivity index (χ0v) is 25.0. The minimum Gasteiger partial charge on any atom is -0.469 e. The Bertz CT molecular complexity index is 799. The van der Waals surface area contributed by atoms with Gasteiger partial charge in [0.1, 0.15) is 11.6 Å². The summed E-state index contributed by atoms with van der Waals surface area (Å²) in [6.45, 7) is 5.85. The van der Waals surface area contributed by atoms with Crippen LogP contribution in [0.2, 0.25) is 0 Å². The summed E-state index contributed by atoms with van der Waals surface area (Å²) in [6, 6.07) is 0. The second kappa shape index (κ2) is 18.0. The molecule has 0 aromatic rings. The number of esters is 1. The van der Waals surface area contributed by atoms with Gasteiger partial charge in [-0.3, -0.25) is 14.4 Å². The Morgan fingerprint density at radius 1 is 1.02 bits per heavy atom. The Morgan fingerprint density at radius 3 is 2.38 bits per heavy atom. The topological polar surface area (TPSA) is 97.4 Å². The largest absolute Gasteiger partial charge is 0.469 e. The summed E-state index contributed by atoms with van der Waals surface area (Å²) in [5.74, 6) is -0.271. The van der Waals surface area contributed by atoms with Crippen LogP contribution in [0.25, 0.3) is 0 Å². The fourth-order valence-electron chi connectivity index (χ4n) is 6.11. The van der Waals surface area contributed by atoms with Crippen molar-refractivity contribution in [2.75, 3.05) is 20.3 Å². The molecule has 0 bridgehead atoms. The van der Waals surface area contributed by atoms with Crippen LogP contribution in [0.1, 0.15) is 110 Å². The standard InChI is InChI=1S/C32H52O8/c1-4-11-23(2)20-25(39-31-14-7-9-18-37-31)16-17-26-27(21-24(33)12-5-6-13-30(35)36-3)28(34)22-29(26)40-32-15-8-10-19-38-32/h16-17,23,25-27,29,31-32H,4-15,18-22H2,1-3H3/t23-,25+,26+,27+,29+,31?,32?/m0/s1. The number of hydrogen-bond acceptors (Lipinski definition) is 8. The summed E-state index contributed by atoms with van der Waals surface area (Å²) in [6.07, 6.45) is 14.7. The van der Waals surface area contributed by atoms with Crippen molar-refractivity contribution in [2.24, 2.45) is 17.8 Å². The van der Waals surface area contributed by atoms with E-state index in [0.29, 0.717) is 44.6 Å². The van der Waals surface area contributed by atoms with E-state index in [-0.39, 0.29) is 54.7 Å². The van der Waals surface area contributed by atoms with Gasteiger partial charge < -0.3 is 23.7 Å². The van der Waals surface area contributed by atoms with Gasteiger partial charge in [0, 0.05) is 50.7 Å². The number of rotatable bonds is 17. The van der Waals surface area contributed by atoms with E-state index < -0.39 is 5.92 Å². The molecule has 0 spiro atoms. The molecule has 8 nitrogen and oxygen atoms in total. The lowest BCUT2D eigenvalue weighted by molar-refractivity contribution is -0.192. The summed E-state index contributed by atoms with van der Waals surface area (Å²) in [4.78, 5) is 37.5. The molecule has 2 aliphatic heterocycles. The minimum atomic E-state index is -0.419. The zero-order valence-electron chi connectivity index (χ0n) is 25.0. The molecule has 7 atom stereocenters. The van der Waals surface area contributed by atoms with Crippen molar-refractivity contribution in [1.29, 1.82) is 0 Å². The monoisotopic (exact) mass is 564 g/mol. The first kappa shape index (κ1) is 32.9. The molecular formula is C32H52O8. The Balaban J connectivity index is 1.70. The van der Waals surface area contributed by atoms with Gasteiger partial charge in [0.15, 0.2) is 12.6 Å². The van der Waals surface area contributed by atoms with Gasteiger partial charge in [0.05, 0.1) is 19.3 Å². The first-order valence-corrected chi connectivity index (χ1v) is 15.7. The predicted octanol–water partition coefficient (Wildman–Crippen LogP) is 6.09. The highest BCUT2D eigenvalue weighted by molar-refractivity contribution is 5.90. The van der Waals surface area contributed by atoms with Gasteiger partial charge in [-0.2, -0.15) is 0 Å². The van der Waals surface area contributed by atoms with Crippen LogP contribution in [0.15, 0.2) is 12.2 Å². The Hall–Kier alpha value is -1.61. The highest BCUT2D eigenvalue weighted by Gasteiger charge is 2.43. The van der Waals surface area contributed by atoms with Crippen LogP contribution >= 0.6 is 0 Å². The molecule has 0 aromatic carbocycles. The molecule has 3 fully saturated rings. The van der Waals surface area contributed by atoms with Crippen molar-refractivity contribution >= 4 is 17.5 Å². The van der Waals surface area contributed by atoms with E-state index in [1.54, 1.807) is 0 Å². The smallest absolute Gasteiger partial charge is 0.305 e. The van der Waals surface area contributed by atoms with Crippen LogP contribution in [0, 0.1) is 17.8 Å². The second-order valence-electron chi connectivity index (χ2n) is 11.8. The maximum atomic E-state index is 13.2. The summed E-state index contributed by atoms with van der Waals surface area (Å²) in [7, 11) is 1.37. The Kier molecular flexibility index (Phi) is 14.8. The van der Waals surface area contributed by atoms with Crippen LogP contribution in [0.4, 0.5) is 0 Å². The molecule has 2 unspecified atom stereocenters. The average molecular weight is 565 g/mol. The molecular weight excluding hydrogens is 512 g/mol. The van der Waals surface area contributed by atoms with Crippen LogP contribution < -0.4 is 0 Å². The highest BCUT2D eigenvalue weighted by Crippen LogP contribution is 2.37. The molecule has 0 N–H and O–H groups in total. The van der Waals surface area contributed by atoms with E-state index in [2.05, 4.69) is 30.7 Å². The highest BCUT2D eigenvalue weighted by atomic mass is 16.7. The number of methoxy groups -OCH3 is 1. The molecule has 1 aliphatic carbocycles. The van der Waals surface area contributed by atoms with Gasteiger partial charge >= 0.3 is 5.97 Å². The van der Waals surface area contributed by atoms with E-state index in [4.69, 9.17) is 18.9 Å². The first-order valence-electron chi connectivity index (χ1n) is 15.7. The normalized spacial score (nSPS) is 29.0. The third-order valence-electron chi connectivity index (χ3n) is 8.36. The quantitative estimate of drug-likeness (QED) is 0.119. The number of unbranched alkanes of at least 4 members (excludes halogenated alkanes) is 1. The van der Waals surface area contributed by atoms with Crippen molar-refractivity contribution in [3.63, 3.8) is 0 Å². The summed E-state index contributed by atoms with van der Waals surface area (Å²) >= 11 is 0. The Labute approximate surface area is 240 Å². The molecule has 2 saturated heterocycles. The summed E-state index contributed by atoms with van der Waals surface area (Å²) in [5, 5.41) is 0. The van der Waals surface area contributed by atoms with Crippen LogP contribution in [-0.2, 0) is 38.1 Å². The van der Waals surface area contributed by atoms with E-state index in [1.807, 2.05) is 0 Å². The van der Waals surface area contributed by atoms with E-state index in [9.17, 15) is 14.4 Å². The summed E-state index contributed by atoms with van der Waals surface area (Å²) in [5.41, 5.74) is 0. The van der Waals surface area contributed by atoms with Crippen molar-refractivity contribution in [3.05, 3.63) is 12.2 Å². The molecule has 0 aromatic heterocycles. The fourth-order valence-corrected chi connectivity index (χ4v) is 6.11. The van der Waals surface area contributed by atoms with Gasteiger partial charge in [0.25, 0.3) is 0 Å². The predicted molar refractivity (Wildman–Crippen MR) is 151 cm³/mol. The maximum Gasteiger partial charge on any atom is 0.305 e. The third kappa shape index (κ3) is 11.3. The van der Waals surface area contributed by atoms with E-state index in [1.165, 1.54) is 7.11 Å². The number of hydrogen-bond donors (Lipinski definition) is 0. The number of carbonyl (C=O) groups excluding carboxylic acids is 3. The first-order chi connectivity index (χ1) is 19.4. The van der Waals surface area contributed by atoms with Crippen LogP contribution in [0.3, 0.4) is 0 Å². The zero-order chi connectivity index (χ0) is 28.7. The second-order valence-corrected chi connectivity index (χ2v) is 11.8. The molecule has 3 rings (SSSR count). The molecule has 8 heteroatoms. The van der Waals surface area contributed by atoms with Gasteiger partial charge in [-0.15, -0.1) is 0 Å². The molecule has 228 valence electrons. The lowest BCUT2D eigenvalue weighted by atomic mass is 9.87. The van der Waals surface area contributed by atoms with Gasteiger partial charge in [-0.05, 0) is 63.7 Å². The van der Waals surface area contributed by atoms with Gasteiger partial charge in [0.2, 0.25) is 0 Å². The van der Waals surface area contributed by atoms with Crippen molar-refractivity contribution in [3.8, 4) is 0 Å². The number of Topliss-reactive ketones (excluding diaryl/α,β-unsaturated/α-hetero) is 2. The van der Waals surface area contributed by atoms with E-state index >= 15 is 0 Å². The molecule has 40 heavy (non-hydrogen) atoms. The van der Waals surface area contributed by atoms with Gasteiger partial charge in [-0.25, -0.2) is 0 Å². The molecule has 3 aliphatic rings. The maximum absolute atomic E-state index is 13.2. The Morgan fingerprint density at radius 2 is 1.73 bits per heavy atom. The minimum absolute atomic E-state index is 0.0520. The lowest BCUT2D eigenvalue weighted by Crippen LogP contribution is -2.31. The molecule has 2 heterocycles. The van der Waals surface area contributed by atoms with Gasteiger partial charge in [-0.1, -0.05) is 38.8 Å². The number of carbonyl (C=O) groups is 3. The summed E-state index contributed by atoms with van der Waals surface area (Å²) < 4.78 is 29.2. The molecule has 0 amide bonds. The fraction of sp³-hybridized carbons (Fsp3) is 0.844. The average Bonchev–Trinajstić information content (AvgIpc) is 3.23. The SMILES string of the molecule is CCC[C@H](C)C[C@@H](C=C[C@H]1[C@H](OC2CCCCO2)CC(=O)[C@@H]1CC(=O)CCCCC(=O)OC)OC1CCCCO1. The van der Waals surface area contributed by atoms with Crippen molar-refractivity contribution < 1.29 is 38.1 Å². The number of ketones is 2. The lowest BCUT2D eigenvalue weighted by Gasteiger charge is -2.30. The number of ether oxygens (including phenoxy) is 5. The van der Waals surface area contributed by atoms with E-state index in [0.717, 1.165) is 64.4 Å². The van der Waals surface area contributed by atoms with Crippen LogP contribution in [-0.4, -0.2) is 62.6 Å². The molecule has 1 saturated carbocycles. The van der Waals surface area contributed by atoms with Crippen molar-refractivity contribution in [1.82, 2.24) is 0 Å². The van der Waals surface area contributed by atoms with Crippen molar-refractivity contribution in [2.45, 2.75) is 135 Å². The molecule has 0 radical (unpaired) electrons. The third-order valence-corrected chi connectivity index (χ3v) is 8.36. The van der Waals surface area contributed by atoms with Crippen LogP contribution in [0.5, 0.6) is 0 Å².